The topological polar surface area (TPSA) is 81.4 Å². The summed E-state index contributed by atoms with van der Waals surface area (Å²) in [5, 5.41) is 9.47. The Morgan fingerprint density at radius 2 is 1.86 bits per heavy atom. The molecule has 3 rings (SSSR count). The van der Waals surface area contributed by atoms with E-state index in [2.05, 4.69) is 4.98 Å². The van der Waals surface area contributed by atoms with Crippen LogP contribution >= 0.6 is 0 Å². The Hall–Kier alpha value is -3.41. The van der Waals surface area contributed by atoms with Gasteiger partial charge in [-0.1, -0.05) is 30.3 Å². The van der Waals surface area contributed by atoms with Gasteiger partial charge in [0.2, 0.25) is 0 Å². The quantitative estimate of drug-likeness (QED) is 0.676. The molecule has 6 nitrogen and oxygen atoms in total. The van der Waals surface area contributed by atoms with Crippen molar-refractivity contribution in [3.8, 4) is 5.75 Å². The number of hydrogen-bond acceptors (Lipinski definition) is 4. The minimum atomic E-state index is -0.962. The molecular formula is C22H22N2O4. The van der Waals surface area contributed by atoms with Crippen LogP contribution in [0.3, 0.4) is 0 Å². The molecule has 28 heavy (non-hydrogen) atoms. The first kappa shape index (κ1) is 19.4. The van der Waals surface area contributed by atoms with Gasteiger partial charge in [-0.25, -0.2) is 4.98 Å². The third-order valence-electron chi connectivity index (χ3n) is 4.12. The van der Waals surface area contributed by atoms with Crippen LogP contribution in [0.4, 0.5) is 0 Å². The number of rotatable bonds is 7. The van der Waals surface area contributed by atoms with Crippen molar-refractivity contribution in [2.75, 3.05) is 0 Å². The van der Waals surface area contributed by atoms with E-state index in [-0.39, 0.29) is 24.6 Å². The molecule has 0 bridgehead atoms. The molecular weight excluding hydrogens is 356 g/mol. The first-order valence-corrected chi connectivity index (χ1v) is 9.10. The average molecular weight is 378 g/mol. The number of fused-ring (bicyclic) bond motifs is 1. The molecule has 0 amide bonds. The Morgan fingerprint density at radius 1 is 1.14 bits per heavy atom. The predicted molar refractivity (Wildman–Crippen MR) is 109 cm³/mol. The van der Waals surface area contributed by atoms with E-state index in [4.69, 9.17) is 9.84 Å². The van der Waals surface area contributed by atoms with E-state index in [9.17, 15) is 9.59 Å². The van der Waals surface area contributed by atoms with Crippen LogP contribution in [-0.4, -0.2) is 26.7 Å². The van der Waals surface area contributed by atoms with E-state index in [1.54, 1.807) is 24.3 Å². The number of aromatic nitrogens is 2. The van der Waals surface area contributed by atoms with Crippen molar-refractivity contribution in [3.63, 3.8) is 0 Å². The molecule has 0 aliphatic heterocycles. The van der Waals surface area contributed by atoms with Crippen molar-refractivity contribution in [2.24, 2.45) is 0 Å². The van der Waals surface area contributed by atoms with Crippen molar-refractivity contribution in [3.05, 3.63) is 70.3 Å². The van der Waals surface area contributed by atoms with Crippen molar-refractivity contribution in [1.82, 2.24) is 9.55 Å². The Labute approximate surface area is 162 Å². The summed E-state index contributed by atoms with van der Waals surface area (Å²) in [5.74, 6) is 0.248. The third-order valence-corrected chi connectivity index (χ3v) is 4.12. The summed E-state index contributed by atoms with van der Waals surface area (Å²) in [6, 6.07) is 14.6. The minimum Gasteiger partial charge on any atom is -0.491 e. The number of hydrogen-bond donors (Lipinski definition) is 1. The van der Waals surface area contributed by atoms with Crippen LogP contribution in [0.2, 0.25) is 0 Å². The first-order chi connectivity index (χ1) is 13.4. The highest BCUT2D eigenvalue weighted by molar-refractivity contribution is 5.79. The number of benzene rings is 2. The van der Waals surface area contributed by atoms with Gasteiger partial charge >= 0.3 is 5.97 Å². The second-order valence-corrected chi connectivity index (χ2v) is 6.66. The molecule has 1 aromatic heterocycles. The van der Waals surface area contributed by atoms with Gasteiger partial charge in [0, 0.05) is 6.54 Å². The monoisotopic (exact) mass is 378 g/mol. The number of carboxylic acids is 1. The summed E-state index contributed by atoms with van der Waals surface area (Å²) in [4.78, 5) is 28.3. The van der Waals surface area contributed by atoms with Gasteiger partial charge in [-0.2, -0.15) is 0 Å². The first-order valence-electron chi connectivity index (χ1n) is 9.10. The number of para-hydroxylation sites is 1. The molecule has 0 spiro atoms. The molecule has 0 atom stereocenters. The zero-order chi connectivity index (χ0) is 20.1. The minimum absolute atomic E-state index is 0.0623. The molecule has 0 aliphatic rings. The maximum Gasteiger partial charge on any atom is 0.305 e. The second kappa shape index (κ2) is 8.52. The van der Waals surface area contributed by atoms with Crippen LogP contribution < -0.4 is 10.3 Å². The number of aliphatic carboxylic acids is 1. The van der Waals surface area contributed by atoms with Gasteiger partial charge in [-0.3, -0.25) is 14.2 Å². The highest BCUT2D eigenvalue weighted by Gasteiger charge is 2.10. The smallest absolute Gasteiger partial charge is 0.305 e. The fraction of sp³-hybridized carbons (Fsp3) is 0.227. The maximum absolute atomic E-state index is 12.8. The summed E-state index contributed by atoms with van der Waals surface area (Å²) >= 11 is 0. The largest absolute Gasteiger partial charge is 0.491 e. The van der Waals surface area contributed by atoms with Gasteiger partial charge in [0.15, 0.2) is 0 Å². The van der Waals surface area contributed by atoms with Gasteiger partial charge in [-0.15, -0.1) is 0 Å². The lowest BCUT2D eigenvalue weighted by atomic mass is 10.2. The molecule has 0 unspecified atom stereocenters. The van der Waals surface area contributed by atoms with E-state index in [0.717, 1.165) is 11.3 Å². The van der Waals surface area contributed by atoms with E-state index < -0.39 is 5.97 Å². The van der Waals surface area contributed by atoms with Gasteiger partial charge in [0.05, 0.1) is 23.4 Å². The molecule has 144 valence electrons. The zero-order valence-corrected chi connectivity index (χ0v) is 15.8. The van der Waals surface area contributed by atoms with Crippen molar-refractivity contribution in [2.45, 2.75) is 32.9 Å². The summed E-state index contributed by atoms with van der Waals surface area (Å²) in [7, 11) is 0. The fourth-order valence-electron chi connectivity index (χ4n) is 2.84. The summed E-state index contributed by atoms with van der Waals surface area (Å²) < 4.78 is 7.04. The summed E-state index contributed by atoms with van der Waals surface area (Å²) in [6.45, 7) is 4.00. The van der Waals surface area contributed by atoms with Crippen LogP contribution in [0.5, 0.6) is 5.75 Å². The molecule has 0 aliphatic carbocycles. The second-order valence-electron chi connectivity index (χ2n) is 6.66. The van der Waals surface area contributed by atoms with Crippen LogP contribution in [0.15, 0.2) is 53.3 Å². The van der Waals surface area contributed by atoms with Crippen LogP contribution in [0, 0.1) is 0 Å². The number of nitrogens with zero attached hydrogens (tertiary/aromatic N) is 2. The molecule has 3 aromatic rings. The average Bonchev–Trinajstić information content (AvgIpc) is 2.66. The predicted octanol–water partition coefficient (Wildman–Crippen LogP) is 3.83. The highest BCUT2D eigenvalue weighted by Crippen LogP contribution is 2.16. The molecule has 1 heterocycles. The van der Waals surface area contributed by atoms with E-state index >= 15 is 0 Å². The van der Waals surface area contributed by atoms with Gasteiger partial charge < -0.3 is 9.84 Å². The standard InChI is InChI=1S/C22H22N2O4/c1-15(2)28-17-10-7-16(8-11-17)9-12-20-23-19-6-4-3-5-18(19)22(27)24(20)14-13-21(25)26/h3-12,15H,13-14H2,1-2H3,(H,25,26). The van der Waals surface area contributed by atoms with Crippen molar-refractivity contribution < 1.29 is 14.6 Å². The van der Waals surface area contributed by atoms with Gasteiger partial charge in [0.1, 0.15) is 11.6 Å². The number of carboxylic acid groups (broad SMARTS) is 1. The maximum atomic E-state index is 12.8. The van der Waals surface area contributed by atoms with E-state index in [0.29, 0.717) is 16.7 Å². The molecule has 1 N–H and O–H groups in total. The molecule has 2 aromatic carbocycles. The molecule has 0 fully saturated rings. The molecule has 0 radical (unpaired) electrons. The Morgan fingerprint density at radius 3 is 2.54 bits per heavy atom. The Balaban J connectivity index is 1.96. The third kappa shape index (κ3) is 4.65. The summed E-state index contributed by atoms with van der Waals surface area (Å²) in [6.07, 6.45) is 3.52. The molecule has 0 saturated heterocycles. The zero-order valence-electron chi connectivity index (χ0n) is 15.8. The van der Waals surface area contributed by atoms with Gasteiger partial charge in [0.25, 0.3) is 5.56 Å². The SMILES string of the molecule is CC(C)Oc1ccc(C=Cc2nc3ccccc3c(=O)n2CCC(=O)O)cc1. The van der Waals surface area contributed by atoms with Crippen LogP contribution in [-0.2, 0) is 11.3 Å². The van der Waals surface area contributed by atoms with Gasteiger partial charge in [-0.05, 0) is 49.8 Å². The number of carbonyl (C=O) groups is 1. The Kier molecular flexibility index (Phi) is 5.89. The van der Waals surface area contributed by atoms with E-state index in [1.807, 2.05) is 50.3 Å². The fourth-order valence-corrected chi connectivity index (χ4v) is 2.84. The van der Waals surface area contributed by atoms with Crippen LogP contribution in [0.25, 0.3) is 23.1 Å². The van der Waals surface area contributed by atoms with Crippen LogP contribution in [0.1, 0.15) is 31.7 Å². The molecule has 0 saturated carbocycles. The molecule has 6 heteroatoms. The summed E-state index contributed by atoms with van der Waals surface area (Å²) in [5.41, 5.74) is 1.26. The Bertz CT molecular complexity index is 1070. The number of ether oxygens (including phenoxy) is 1. The van der Waals surface area contributed by atoms with Crippen molar-refractivity contribution >= 4 is 29.0 Å². The van der Waals surface area contributed by atoms with Crippen molar-refractivity contribution in [1.29, 1.82) is 0 Å². The highest BCUT2D eigenvalue weighted by atomic mass is 16.5. The lowest BCUT2D eigenvalue weighted by molar-refractivity contribution is -0.137. The lowest BCUT2D eigenvalue weighted by Gasteiger charge is -2.10. The normalized spacial score (nSPS) is 11.4. The lowest BCUT2D eigenvalue weighted by Crippen LogP contribution is -2.25. The van der Waals surface area contributed by atoms with E-state index in [1.165, 1.54) is 4.57 Å².